The van der Waals surface area contributed by atoms with Gasteiger partial charge in [0.2, 0.25) is 0 Å². The summed E-state index contributed by atoms with van der Waals surface area (Å²) in [6.07, 6.45) is 1.02. The van der Waals surface area contributed by atoms with Crippen LogP contribution in [-0.2, 0) is 10.0 Å². The first kappa shape index (κ1) is 17.5. The van der Waals surface area contributed by atoms with Gasteiger partial charge in [-0.25, -0.2) is 9.63 Å². The lowest BCUT2D eigenvalue weighted by molar-refractivity contribution is 0.340. The minimum Gasteiger partial charge on any atom is -0.494 e. The monoisotopic (exact) mass is 352 g/mol. The van der Waals surface area contributed by atoms with Gasteiger partial charge in [0.25, 0.3) is 15.6 Å². The highest BCUT2D eigenvalue weighted by Gasteiger charge is 2.13. The lowest BCUT2D eigenvalue weighted by Gasteiger charge is -2.06. The molecule has 2 rings (SSSR count). The molecule has 0 aliphatic rings. The van der Waals surface area contributed by atoms with Crippen molar-refractivity contribution in [1.82, 2.24) is 14.8 Å². The van der Waals surface area contributed by atoms with Crippen molar-refractivity contribution < 1.29 is 13.2 Å². The minimum absolute atomic E-state index is 0.00444. The van der Waals surface area contributed by atoms with E-state index in [4.69, 9.17) is 4.74 Å². The number of benzene rings is 1. The third-order valence-electron chi connectivity index (χ3n) is 2.99. The van der Waals surface area contributed by atoms with Crippen molar-refractivity contribution in [3.8, 4) is 5.75 Å². The Morgan fingerprint density at radius 3 is 2.46 bits per heavy atom. The van der Waals surface area contributed by atoms with Gasteiger partial charge in [-0.2, -0.15) is 13.5 Å². The second kappa shape index (κ2) is 7.13. The number of H-pyrrole nitrogens is 2. The summed E-state index contributed by atoms with van der Waals surface area (Å²) >= 11 is 0. The van der Waals surface area contributed by atoms with Crippen LogP contribution in [0.25, 0.3) is 0 Å². The first-order chi connectivity index (χ1) is 11.3. The third-order valence-corrected chi connectivity index (χ3v) is 4.23. The summed E-state index contributed by atoms with van der Waals surface area (Å²) in [7, 11) is -3.88. The topological polar surface area (TPSA) is 133 Å². The van der Waals surface area contributed by atoms with Crippen molar-refractivity contribution in [1.29, 1.82) is 0 Å². The zero-order valence-electron chi connectivity index (χ0n) is 13.0. The molecule has 3 N–H and O–H groups in total. The molecule has 24 heavy (non-hydrogen) atoms. The van der Waals surface area contributed by atoms with E-state index in [1.807, 2.05) is 16.7 Å². The Morgan fingerprint density at radius 2 is 1.88 bits per heavy atom. The van der Waals surface area contributed by atoms with E-state index in [-0.39, 0.29) is 16.2 Å². The fourth-order valence-corrected chi connectivity index (χ4v) is 2.65. The van der Waals surface area contributed by atoms with E-state index in [2.05, 4.69) is 10.1 Å². The molecule has 10 heteroatoms. The second-order valence-electron chi connectivity index (χ2n) is 4.70. The molecule has 1 aromatic heterocycles. The van der Waals surface area contributed by atoms with Crippen molar-refractivity contribution >= 4 is 16.2 Å². The Balaban J connectivity index is 2.18. The predicted octanol–water partition coefficient (Wildman–Crippen LogP) is 0.0827. The number of hydrazone groups is 1. The van der Waals surface area contributed by atoms with Crippen LogP contribution in [0.3, 0.4) is 0 Å². The molecule has 0 bridgehead atoms. The molecule has 9 nitrogen and oxygen atoms in total. The van der Waals surface area contributed by atoms with Crippen LogP contribution in [0.2, 0.25) is 0 Å². The van der Waals surface area contributed by atoms with Crippen LogP contribution >= 0.6 is 0 Å². The number of ether oxygens (including phenoxy) is 1. The number of sulfonamides is 1. The molecular formula is C14H16N4O5S. The first-order valence-corrected chi connectivity index (χ1v) is 8.42. The number of nitrogens with zero attached hydrogens (tertiary/aromatic N) is 1. The molecular weight excluding hydrogens is 336 g/mol. The lowest BCUT2D eigenvalue weighted by Crippen LogP contribution is -2.27. The van der Waals surface area contributed by atoms with E-state index >= 15 is 0 Å². The fourth-order valence-electron chi connectivity index (χ4n) is 1.86. The van der Waals surface area contributed by atoms with E-state index < -0.39 is 21.3 Å². The largest absolute Gasteiger partial charge is 0.494 e. The highest BCUT2D eigenvalue weighted by molar-refractivity contribution is 7.89. The molecule has 0 aliphatic heterocycles. The summed E-state index contributed by atoms with van der Waals surface area (Å²) in [4.78, 5) is 29.1. The van der Waals surface area contributed by atoms with E-state index in [9.17, 15) is 18.0 Å². The Bertz CT molecular complexity index is 958. The third kappa shape index (κ3) is 4.10. The molecule has 0 atom stereocenters. The Kier molecular flexibility index (Phi) is 5.19. The predicted molar refractivity (Wildman–Crippen MR) is 87.9 cm³/mol. The number of nitrogens with one attached hydrogen (secondary N) is 3. The molecule has 0 amide bonds. The van der Waals surface area contributed by atoms with Gasteiger partial charge in [0.1, 0.15) is 5.75 Å². The number of aromatic amines is 2. The summed E-state index contributed by atoms with van der Waals surface area (Å²) in [5, 5.41) is 3.56. The van der Waals surface area contributed by atoms with Crippen LogP contribution in [0.4, 0.5) is 0 Å². The maximum Gasteiger partial charge on any atom is 0.325 e. The van der Waals surface area contributed by atoms with Crippen molar-refractivity contribution in [2.75, 3.05) is 6.61 Å². The zero-order valence-corrected chi connectivity index (χ0v) is 13.8. The first-order valence-electron chi connectivity index (χ1n) is 6.94. The summed E-state index contributed by atoms with van der Waals surface area (Å²) in [6, 6.07) is 5.80. The SMILES string of the molecule is CCOc1ccc(S(=O)(=O)N/N=C/c2c(C)[nH]c(=O)[nH]c2=O)cc1. The van der Waals surface area contributed by atoms with E-state index in [1.165, 1.54) is 31.2 Å². The molecule has 0 radical (unpaired) electrons. The molecule has 0 saturated heterocycles. The van der Waals surface area contributed by atoms with Crippen molar-refractivity contribution in [2.45, 2.75) is 18.7 Å². The van der Waals surface area contributed by atoms with Gasteiger partial charge in [-0.3, -0.25) is 9.78 Å². The van der Waals surface area contributed by atoms with Gasteiger partial charge in [-0.05, 0) is 38.1 Å². The highest BCUT2D eigenvalue weighted by Crippen LogP contribution is 2.15. The number of hydrogen-bond donors (Lipinski definition) is 3. The summed E-state index contributed by atoms with van der Waals surface area (Å²) < 4.78 is 29.4. The minimum atomic E-state index is -3.88. The van der Waals surface area contributed by atoms with Gasteiger partial charge in [0.05, 0.1) is 23.3 Å². The van der Waals surface area contributed by atoms with E-state index in [1.54, 1.807) is 0 Å². The number of aryl methyl sites for hydroxylation is 1. The maximum atomic E-state index is 12.1. The van der Waals surface area contributed by atoms with Crippen LogP contribution < -0.4 is 20.8 Å². The molecule has 2 aromatic rings. The van der Waals surface area contributed by atoms with Crippen LogP contribution in [0.15, 0.2) is 43.9 Å². The smallest absolute Gasteiger partial charge is 0.325 e. The molecule has 1 heterocycles. The highest BCUT2D eigenvalue weighted by atomic mass is 32.2. The van der Waals surface area contributed by atoms with Crippen LogP contribution in [0, 0.1) is 6.92 Å². The number of aromatic nitrogens is 2. The van der Waals surface area contributed by atoms with Crippen molar-refractivity contribution in [3.63, 3.8) is 0 Å². The van der Waals surface area contributed by atoms with Gasteiger partial charge in [0.15, 0.2) is 0 Å². The molecule has 0 saturated carbocycles. The average molecular weight is 352 g/mol. The standard InChI is InChI=1S/C14H16N4O5S/c1-3-23-10-4-6-11(7-5-10)24(21,22)18-15-8-12-9(2)16-14(20)17-13(12)19/h4-8,18H,3H2,1-2H3,(H2,16,17,19,20)/b15-8+. The molecule has 1 aromatic carbocycles. The molecule has 128 valence electrons. The Morgan fingerprint density at radius 1 is 1.21 bits per heavy atom. The lowest BCUT2D eigenvalue weighted by atomic mass is 10.2. The summed E-state index contributed by atoms with van der Waals surface area (Å²) in [5.74, 6) is 0.551. The number of rotatable bonds is 6. The average Bonchev–Trinajstić information content (AvgIpc) is 2.51. The normalized spacial score (nSPS) is 11.6. The van der Waals surface area contributed by atoms with Crippen LogP contribution in [-0.4, -0.2) is 31.2 Å². The van der Waals surface area contributed by atoms with E-state index in [0.29, 0.717) is 12.4 Å². The quantitative estimate of drug-likeness (QED) is 0.500. The summed E-state index contributed by atoms with van der Waals surface area (Å²) in [6.45, 7) is 3.79. The molecule has 0 fully saturated rings. The van der Waals surface area contributed by atoms with Gasteiger partial charge in [-0.15, -0.1) is 0 Å². The second-order valence-corrected chi connectivity index (χ2v) is 6.37. The van der Waals surface area contributed by atoms with Gasteiger partial charge in [-0.1, -0.05) is 0 Å². The molecule has 0 aliphatic carbocycles. The van der Waals surface area contributed by atoms with Crippen molar-refractivity contribution in [2.24, 2.45) is 5.10 Å². The fraction of sp³-hybridized carbons (Fsp3) is 0.214. The van der Waals surface area contributed by atoms with Gasteiger partial charge < -0.3 is 9.72 Å². The molecule has 0 unspecified atom stereocenters. The molecule has 0 spiro atoms. The summed E-state index contributed by atoms with van der Waals surface area (Å²) in [5.41, 5.74) is -0.998. The van der Waals surface area contributed by atoms with Crippen LogP contribution in [0.1, 0.15) is 18.2 Å². The van der Waals surface area contributed by atoms with Gasteiger partial charge >= 0.3 is 5.69 Å². The van der Waals surface area contributed by atoms with Crippen LogP contribution in [0.5, 0.6) is 5.75 Å². The van der Waals surface area contributed by atoms with Crippen molar-refractivity contribution in [3.05, 3.63) is 56.4 Å². The zero-order chi connectivity index (χ0) is 17.7. The van der Waals surface area contributed by atoms with E-state index in [0.717, 1.165) is 6.21 Å². The Hall–Kier alpha value is -2.88. The van der Waals surface area contributed by atoms with Gasteiger partial charge in [0, 0.05) is 5.69 Å². The number of hydrogen-bond acceptors (Lipinski definition) is 6. The Labute approximate surface area is 137 Å². The maximum absolute atomic E-state index is 12.1.